The lowest BCUT2D eigenvalue weighted by Gasteiger charge is -2.34. The fraction of sp³-hybridized carbons (Fsp3) is 0.548. The van der Waals surface area contributed by atoms with Gasteiger partial charge in [-0.2, -0.15) is 0 Å². The summed E-state index contributed by atoms with van der Waals surface area (Å²) in [5.41, 5.74) is 3.50. The molecule has 2 atom stereocenters. The molecule has 214 valence electrons. The first-order valence-electron chi connectivity index (χ1n) is 14.5. The summed E-state index contributed by atoms with van der Waals surface area (Å²) in [6.07, 6.45) is 5.65. The average molecular weight is 566 g/mol. The molecule has 3 aliphatic heterocycles. The summed E-state index contributed by atoms with van der Waals surface area (Å²) in [5.74, 6) is 1.17. The van der Waals surface area contributed by atoms with Crippen molar-refractivity contribution >= 4 is 35.0 Å². The van der Waals surface area contributed by atoms with E-state index < -0.39 is 0 Å². The highest BCUT2D eigenvalue weighted by molar-refractivity contribution is 6.31. The smallest absolute Gasteiger partial charge is 0.255 e. The van der Waals surface area contributed by atoms with Crippen LogP contribution in [0, 0.1) is 31.6 Å². The van der Waals surface area contributed by atoms with E-state index in [2.05, 4.69) is 9.88 Å². The Bertz CT molecular complexity index is 1250. The Morgan fingerprint density at radius 3 is 2.30 bits per heavy atom. The largest absolute Gasteiger partial charge is 0.343 e. The van der Waals surface area contributed by atoms with Gasteiger partial charge in [-0.15, -0.1) is 0 Å². The first-order chi connectivity index (χ1) is 19.2. The minimum absolute atomic E-state index is 0.0723. The second-order valence-electron chi connectivity index (χ2n) is 11.7. The number of hydrogen-bond acceptors (Lipinski definition) is 5. The van der Waals surface area contributed by atoms with Crippen molar-refractivity contribution in [2.75, 3.05) is 57.3 Å². The summed E-state index contributed by atoms with van der Waals surface area (Å²) in [6.45, 7) is 11.9. The van der Waals surface area contributed by atoms with Gasteiger partial charge in [-0.25, -0.2) is 0 Å². The second-order valence-corrected chi connectivity index (χ2v) is 12.1. The lowest BCUT2D eigenvalue weighted by molar-refractivity contribution is -0.133. The predicted octanol–water partition coefficient (Wildman–Crippen LogP) is 4.04. The molecule has 4 heterocycles. The van der Waals surface area contributed by atoms with Crippen LogP contribution in [0.2, 0.25) is 5.02 Å². The molecule has 2 aromatic rings. The first-order valence-corrected chi connectivity index (χ1v) is 14.8. The van der Waals surface area contributed by atoms with Crippen LogP contribution >= 0.6 is 11.6 Å². The van der Waals surface area contributed by atoms with E-state index in [0.29, 0.717) is 54.9 Å². The molecule has 3 fully saturated rings. The van der Waals surface area contributed by atoms with Crippen molar-refractivity contribution in [2.45, 2.75) is 40.0 Å². The number of rotatable bonds is 7. The van der Waals surface area contributed by atoms with Crippen molar-refractivity contribution in [2.24, 2.45) is 17.8 Å². The molecule has 9 heteroatoms. The standard InChI is InChI=1S/C31H40ClN5O3/c1-21-7-10-33-16-28(21)31(40)36-19-25-17-34(18-26(25)20-36)11-4-12-37(27-6-5-22(2)29(32)15-27)30(39)24-8-13-35(14-9-24)23(3)38/h5-7,10,15-16,24-26H,4,8-9,11-14,17-20H2,1-3H3. The zero-order valence-corrected chi connectivity index (χ0v) is 24.6. The number of aromatic nitrogens is 1. The highest BCUT2D eigenvalue weighted by atomic mass is 35.5. The summed E-state index contributed by atoms with van der Waals surface area (Å²) in [7, 11) is 0. The van der Waals surface area contributed by atoms with Crippen molar-refractivity contribution in [3.05, 3.63) is 58.4 Å². The van der Waals surface area contributed by atoms with E-state index >= 15 is 0 Å². The molecule has 3 amide bonds. The Balaban J connectivity index is 1.16. The zero-order valence-electron chi connectivity index (χ0n) is 23.8. The van der Waals surface area contributed by atoms with E-state index in [0.717, 1.165) is 56.0 Å². The molecule has 1 aromatic carbocycles. The number of amides is 3. The molecule has 5 rings (SSSR count). The number of hydrogen-bond donors (Lipinski definition) is 0. The van der Waals surface area contributed by atoms with Crippen LogP contribution in [0.15, 0.2) is 36.7 Å². The number of pyridine rings is 1. The number of carbonyl (C=O) groups is 3. The summed E-state index contributed by atoms with van der Waals surface area (Å²) in [6, 6.07) is 7.74. The lowest BCUT2D eigenvalue weighted by atomic mass is 9.94. The van der Waals surface area contributed by atoms with Crippen molar-refractivity contribution in [3.63, 3.8) is 0 Å². The molecule has 2 unspecified atom stereocenters. The van der Waals surface area contributed by atoms with Gasteiger partial charge in [-0.3, -0.25) is 19.4 Å². The third-order valence-corrected chi connectivity index (χ3v) is 9.40. The molecule has 1 aromatic heterocycles. The van der Waals surface area contributed by atoms with E-state index in [1.54, 1.807) is 19.3 Å². The van der Waals surface area contributed by atoms with Gasteiger partial charge in [0.1, 0.15) is 0 Å². The average Bonchev–Trinajstić information content (AvgIpc) is 3.51. The molecular weight excluding hydrogens is 526 g/mol. The third-order valence-electron chi connectivity index (χ3n) is 9.00. The minimum Gasteiger partial charge on any atom is -0.343 e. The zero-order chi connectivity index (χ0) is 28.4. The quantitative estimate of drug-likeness (QED) is 0.506. The molecule has 0 saturated carbocycles. The van der Waals surface area contributed by atoms with Crippen LogP contribution in [0.4, 0.5) is 5.69 Å². The Kier molecular flexibility index (Phi) is 8.76. The van der Waals surface area contributed by atoms with Crippen LogP contribution in [0.25, 0.3) is 0 Å². The number of benzene rings is 1. The molecule has 40 heavy (non-hydrogen) atoms. The Hall–Kier alpha value is -2.97. The Morgan fingerprint density at radius 1 is 0.975 bits per heavy atom. The van der Waals surface area contributed by atoms with Gasteiger partial charge in [0.15, 0.2) is 0 Å². The van der Waals surface area contributed by atoms with Gasteiger partial charge in [-0.1, -0.05) is 17.7 Å². The lowest BCUT2D eigenvalue weighted by Crippen LogP contribution is -2.44. The monoisotopic (exact) mass is 565 g/mol. The van der Waals surface area contributed by atoms with Crippen molar-refractivity contribution in [1.29, 1.82) is 0 Å². The van der Waals surface area contributed by atoms with Gasteiger partial charge in [0.2, 0.25) is 11.8 Å². The Morgan fingerprint density at radius 2 is 1.68 bits per heavy atom. The van der Waals surface area contributed by atoms with E-state index in [9.17, 15) is 14.4 Å². The number of nitrogens with zero attached hydrogens (tertiary/aromatic N) is 5. The molecule has 0 radical (unpaired) electrons. The highest BCUT2D eigenvalue weighted by Crippen LogP contribution is 2.33. The summed E-state index contributed by atoms with van der Waals surface area (Å²) in [5, 5.41) is 0.662. The molecule has 0 N–H and O–H groups in total. The van der Waals surface area contributed by atoms with Crippen molar-refractivity contribution < 1.29 is 14.4 Å². The Labute approximate surface area is 242 Å². The molecule has 8 nitrogen and oxygen atoms in total. The highest BCUT2D eigenvalue weighted by Gasteiger charge is 2.41. The SMILES string of the molecule is CC(=O)N1CCC(C(=O)N(CCCN2CC3CN(C(=O)c4cnccc4C)CC3C2)c2ccc(C)c(Cl)c2)CC1. The fourth-order valence-electron chi connectivity index (χ4n) is 6.53. The predicted molar refractivity (Wildman–Crippen MR) is 156 cm³/mol. The molecule has 0 bridgehead atoms. The van der Waals surface area contributed by atoms with Gasteiger partial charge in [0, 0.05) is 81.8 Å². The molecular formula is C31H40ClN5O3. The second kappa shape index (κ2) is 12.3. The van der Waals surface area contributed by atoms with E-state index in [1.165, 1.54) is 0 Å². The van der Waals surface area contributed by atoms with Gasteiger partial charge in [0.05, 0.1) is 5.56 Å². The molecule has 3 aliphatic rings. The van der Waals surface area contributed by atoms with Gasteiger partial charge in [0.25, 0.3) is 5.91 Å². The number of likely N-dealkylation sites (tertiary alicyclic amines) is 3. The molecule has 0 spiro atoms. The van der Waals surface area contributed by atoms with E-state index in [4.69, 9.17) is 11.6 Å². The van der Waals surface area contributed by atoms with Gasteiger partial charge in [-0.05, 0) is 80.8 Å². The number of aryl methyl sites for hydroxylation is 2. The normalized spacial score (nSPS) is 21.5. The number of piperidine rings is 1. The van der Waals surface area contributed by atoms with E-state index in [-0.39, 0.29) is 23.6 Å². The molecule has 3 saturated heterocycles. The van der Waals surface area contributed by atoms with E-state index in [1.807, 2.05) is 52.8 Å². The minimum atomic E-state index is -0.0891. The van der Waals surface area contributed by atoms with Crippen molar-refractivity contribution in [1.82, 2.24) is 19.7 Å². The third kappa shape index (κ3) is 6.18. The number of carbonyl (C=O) groups excluding carboxylic acids is 3. The van der Waals surface area contributed by atoms with Crippen LogP contribution < -0.4 is 4.90 Å². The first kappa shape index (κ1) is 28.6. The summed E-state index contributed by atoms with van der Waals surface area (Å²) >= 11 is 6.45. The number of anilines is 1. The van der Waals surface area contributed by atoms with Crippen LogP contribution in [-0.4, -0.2) is 89.8 Å². The van der Waals surface area contributed by atoms with Crippen LogP contribution in [0.3, 0.4) is 0 Å². The van der Waals surface area contributed by atoms with Gasteiger partial charge >= 0.3 is 0 Å². The number of fused-ring (bicyclic) bond motifs is 1. The van der Waals surface area contributed by atoms with Crippen molar-refractivity contribution in [3.8, 4) is 0 Å². The van der Waals surface area contributed by atoms with Crippen LogP contribution in [-0.2, 0) is 9.59 Å². The van der Waals surface area contributed by atoms with Crippen LogP contribution in [0.1, 0.15) is 47.7 Å². The molecule has 0 aliphatic carbocycles. The summed E-state index contributed by atoms with van der Waals surface area (Å²) < 4.78 is 0. The summed E-state index contributed by atoms with van der Waals surface area (Å²) in [4.78, 5) is 50.9. The van der Waals surface area contributed by atoms with Crippen LogP contribution in [0.5, 0.6) is 0 Å². The maximum absolute atomic E-state index is 13.7. The van der Waals surface area contributed by atoms with Gasteiger partial charge < -0.3 is 19.6 Å². The maximum atomic E-state index is 13.7. The fourth-order valence-corrected chi connectivity index (χ4v) is 6.70. The topological polar surface area (TPSA) is 77.1 Å². The number of halogens is 1. The maximum Gasteiger partial charge on any atom is 0.255 e.